The van der Waals surface area contributed by atoms with Crippen LogP contribution in [0.5, 0.6) is 5.75 Å². The maximum absolute atomic E-state index is 12.8. The van der Waals surface area contributed by atoms with E-state index in [9.17, 15) is 9.59 Å². The molecule has 0 bridgehead atoms. The van der Waals surface area contributed by atoms with E-state index < -0.39 is 5.91 Å². The van der Waals surface area contributed by atoms with Gasteiger partial charge in [-0.2, -0.15) is 0 Å². The Bertz CT molecular complexity index is 1050. The molecule has 0 atom stereocenters. The van der Waals surface area contributed by atoms with Gasteiger partial charge in [-0.3, -0.25) is 9.59 Å². The van der Waals surface area contributed by atoms with E-state index in [-0.39, 0.29) is 18.1 Å². The van der Waals surface area contributed by atoms with E-state index in [0.717, 1.165) is 5.56 Å². The summed E-state index contributed by atoms with van der Waals surface area (Å²) in [6.45, 7) is 0.180. The average molecular weight is 402 g/mol. The number of ether oxygens (including phenoxy) is 1. The largest absolute Gasteiger partial charge is 0.497 e. The number of carbonyl (C=O) groups is 2. The van der Waals surface area contributed by atoms with Crippen molar-refractivity contribution in [1.82, 2.24) is 15.6 Å². The Kier molecular flexibility index (Phi) is 6.78. The molecule has 7 nitrogen and oxygen atoms in total. The maximum atomic E-state index is 12.8. The normalized spacial score (nSPS) is 10.9. The second-order valence-electron chi connectivity index (χ2n) is 6.38. The van der Waals surface area contributed by atoms with Gasteiger partial charge in [0.05, 0.1) is 7.11 Å². The van der Waals surface area contributed by atoms with Gasteiger partial charge >= 0.3 is 0 Å². The predicted octanol–water partition coefficient (Wildman–Crippen LogP) is 2.76. The number of nitrogens with zero attached hydrogens (tertiary/aromatic N) is 1. The summed E-state index contributed by atoms with van der Waals surface area (Å²) in [6.07, 6.45) is 3.18. The van der Waals surface area contributed by atoms with Crippen LogP contribution in [0.15, 0.2) is 78.6 Å². The minimum atomic E-state index is -0.446. The van der Waals surface area contributed by atoms with Crippen LogP contribution < -0.4 is 21.1 Å². The summed E-state index contributed by atoms with van der Waals surface area (Å²) >= 11 is 0. The maximum Gasteiger partial charge on any atom is 0.268 e. The second-order valence-corrected chi connectivity index (χ2v) is 6.38. The molecule has 1 heterocycles. The average Bonchev–Trinajstić information content (AvgIpc) is 2.79. The third-order valence-electron chi connectivity index (χ3n) is 4.32. The number of nitrogen functional groups attached to an aromatic ring is 1. The Hall–Kier alpha value is -4.13. The van der Waals surface area contributed by atoms with Gasteiger partial charge in [0, 0.05) is 23.9 Å². The van der Waals surface area contributed by atoms with Crippen molar-refractivity contribution in [2.45, 2.75) is 6.54 Å². The van der Waals surface area contributed by atoms with Gasteiger partial charge in [-0.1, -0.05) is 36.4 Å². The summed E-state index contributed by atoms with van der Waals surface area (Å²) in [4.78, 5) is 29.4. The molecular formula is C23H22N4O3. The SMILES string of the molecule is COc1ccc(C=C(NC(=O)c2ccccc2)C(=O)NCc2cccnc2N)cc1. The molecule has 2 amide bonds. The van der Waals surface area contributed by atoms with E-state index in [1.165, 1.54) is 0 Å². The van der Waals surface area contributed by atoms with Crippen molar-refractivity contribution < 1.29 is 14.3 Å². The van der Waals surface area contributed by atoms with Gasteiger partial charge in [-0.05, 0) is 42.0 Å². The van der Waals surface area contributed by atoms with E-state index in [4.69, 9.17) is 10.5 Å². The Morgan fingerprint density at radius 1 is 1.03 bits per heavy atom. The number of aromatic nitrogens is 1. The number of amides is 2. The van der Waals surface area contributed by atoms with Crippen molar-refractivity contribution in [3.63, 3.8) is 0 Å². The molecule has 152 valence electrons. The number of benzene rings is 2. The molecule has 0 aliphatic carbocycles. The Morgan fingerprint density at radius 3 is 2.43 bits per heavy atom. The van der Waals surface area contributed by atoms with Crippen LogP contribution in [0.1, 0.15) is 21.5 Å². The molecule has 0 aliphatic heterocycles. The molecular weight excluding hydrogens is 380 g/mol. The van der Waals surface area contributed by atoms with Crippen molar-refractivity contribution in [3.05, 3.63) is 95.3 Å². The zero-order chi connectivity index (χ0) is 21.3. The lowest BCUT2D eigenvalue weighted by atomic mass is 10.1. The van der Waals surface area contributed by atoms with Gasteiger partial charge in [-0.25, -0.2) is 4.98 Å². The quantitative estimate of drug-likeness (QED) is 0.527. The van der Waals surface area contributed by atoms with E-state index in [1.807, 2.05) is 6.07 Å². The number of pyridine rings is 1. The van der Waals surface area contributed by atoms with Crippen LogP contribution in [0.2, 0.25) is 0 Å². The minimum absolute atomic E-state index is 0.108. The van der Waals surface area contributed by atoms with E-state index in [2.05, 4.69) is 15.6 Å². The lowest BCUT2D eigenvalue weighted by Crippen LogP contribution is -2.34. The predicted molar refractivity (Wildman–Crippen MR) is 115 cm³/mol. The zero-order valence-electron chi connectivity index (χ0n) is 16.5. The lowest BCUT2D eigenvalue weighted by Gasteiger charge is -2.12. The lowest BCUT2D eigenvalue weighted by molar-refractivity contribution is -0.117. The number of hydrogen-bond acceptors (Lipinski definition) is 5. The van der Waals surface area contributed by atoms with Gasteiger partial charge < -0.3 is 21.1 Å². The first-order valence-electron chi connectivity index (χ1n) is 9.26. The first kappa shape index (κ1) is 20.6. The fourth-order valence-electron chi connectivity index (χ4n) is 2.68. The number of carbonyl (C=O) groups excluding carboxylic acids is 2. The van der Waals surface area contributed by atoms with E-state index >= 15 is 0 Å². The molecule has 3 rings (SSSR count). The van der Waals surface area contributed by atoms with Gasteiger partial charge in [0.2, 0.25) is 0 Å². The van der Waals surface area contributed by atoms with Gasteiger partial charge in [-0.15, -0.1) is 0 Å². The first-order valence-corrected chi connectivity index (χ1v) is 9.26. The van der Waals surface area contributed by atoms with Crippen LogP contribution in [0.3, 0.4) is 0 Å². The van der Waals surface area contributed by atoms with E-state index in [1.54, 1.807) is 80.0 Å². The molecule has 7 heteroatoms. The van der Waals surface area contributed by atoms with Crippen LogP contribution in [0.25, 0.3) is 6.08 Å². The third kappa shape index (κ3) is 5.45. The molecule has 3 aromatic rings. The number of nitrogens with one attached hydrogen (secondary N) is 2. The molecule has 1 aromatic heterocycles. The number of hydrogen-bond donors (Lipinski definition) is 3. The molecule has 0 fully saturated rings. The fraction of sp³-hybridized carbons (Fsp3) is 0.0870. The molecule has 0 aliphatic rings. The summed E-state index contributed by atoms with van der Waals surface area (Å²) in [5.74, 6) is 0.204. The van der Waals surface area contributed by atoms with Crippen molar-refractivity contribution in [3.8, 4) is 5.75 Å². The molecule has 0 spiro atoms. The fourth-order valence-corrected chi connectivity index (χ4v) is 2.68. The molecule has 2 aromatic carbocycles. The molecule has 30 heavy (non-hydrogen) atoms. The highest BCUT2D eigenvalue weighted by atomic mass is 16.5. The van der Waals surface area contributed by atoms with Crippen LogP contribution in [0.4, 0.5) is 5.82 Å². The molecule has 0 radical (unpaired) electrons. The minimum Gasteiger partial charge on any atom is -0.497 e. The molecule has 0 unspecified atom stereocenters. The summed E-state index contributed by atoms with van der Waals surface area (Å²) in [7, 11) is 1.58. The van der Waals surface area contributed by atoms with Crippen molar-refractivity contribution in [2.75, 3.05) is 12.8 Å². The summed E-state index contributed by atoms with van der Waals surface area (Å²) in [5.41, 5.74) is 7.80. The first-order chi connectivity index (χ1) is 14.6. The third-order valence-corrected chi connectivity index (χ3v) is 4.32. The molecule has 0 saturated carbocycles. The van der Waals surface area contributed by atoms with Crippen LogP contribution in [-0.2, 0) is 11.3 Å². The highest BCUT2D eigenvalue weighted by Crippen LogP contribution is 2.14. The highest BCUT2D eigenvalue weighted by molar-refractivity contribution is 6.05. The summed E-state index contributed by atoms with van der Waals surface area (Å²) < 4.78 is 5.16. The Labute approximate surface area is 174 Å². The van der Waals surface area contributed by atoms with Gasteiger partial charge in [0.15, 0.2) is 0 Å². The van der Waals surface area contributed by atoms with Gasteiger partial charge in [0.1, 0.15) is 17.3 Å². The Balaban J connectivity index is 1.82. The topological polar surface area (TPSA) is 106 Å². The highest BCUT2D eigenvalue weighted by Gasteiger charge is 2.15. The van der Waals surface area contributed by atoms with E-state index in [0.29, 0.717) is 22.7 Å². The number of methoxy groups -OCH3 is 1. The van der Waals surface area contributed by atoms with Crippen LogP contribution >= 0.6 is 0 Å². The second kappa shape index (κ2) is 9.88. The monoisotopic (exact) mass is 402 g/mol. The molecule has 4 N–H and O–H groups in total. The Morgan fingerprint density at radius 2 is 1.77 bits per heavy atom. The van der Waals surface area contributed by atoms with Crippen molar-refractivity contribution in [1.29, 1.82) is 0 Å². The summed E-state index contributed by atoms with van der Waals surface area (Å²) in [6, 6.07) is 19.3. The van der Waals surface area contributed by atoms with Crippen molar-refractivity contribution >= 4 is 23.7 Å². The van der Waals surface area contributed by atoms with Crippen LogP contribution in [0, 0.1) is 0 Å². The van der Waals surface area contributed by atoms with Crippen molar-refractivity contribution in [2.24, 2.45) is 0 Å². The number of nitrogens with two attached hydrogens (primary N) is 1. The zero-order valence-corrected chi connectivity index (χ0v) is 16.5. The van der Waals surface area contributed by atoms with Crippen LogP contribution in [-0.4, -0.2) is 23.9 Å². The standard InChI is InChI=1S/C23H22N4O3/c1-30-19-11-9-16(10-12-19)14-20(27-22(28)17-6-3-2-4-7-17)23(29)26-15-18-8-5-13-25-21(18)24/h2-14H,15H2,1H3,(H2,24,25)(H,26,29)(H,27,28). The number of anilines is 1. The smallest absolute Gasteiger partial charge is 0.268 e. The summed E-state index contributed by atoms with van der Waals surface area (Å²) in [5, 5.41) is 5.47. The number of rotatable bonds is 7. The van der Waals surface area contributed by atoms with Gasteiger partial charge in [0.25, 0.3) is 11.8 Å². The molecule has 0 saturated heterocycles.